The van der Waals surface area contributed by atoms with E-state index in [-0.39, 0.29) is 6.04 Å². The van der Waals surface area contributed by atoms with Gasteiger partial charge in [-0.2, -0.15) is 0 Å². The van der Waals surface area contributed by atoms with Gasteiger partial charge in [0.2, 0.25) is 0 Å². The van der Waals surface area contributed by atoms with Gasteiger partial charge in [-0.25, -0.2) is 0 Å². The highest BCUT2D eigenvalue weighted by atomic mass is 16.5. The SMILES string of the molecule is CCOCC(C)NCC(O)c1ccco1. The fourth-order valence-corrected chi connectivity index (χ4v) is 1.25. The maximum atomic E-state index is 9.69. The summed E-state index contributed by atoms with van der Waals surface area (Å²) >= 11 is 0. The van der Waals surface area contributed by atoms with Crippen LogP contribution in [0.3, 0.4) is 0 Å². The first-order chi connectivity index (χ1) is 7.24. The Balaban J connectivity index is 2.19. The van der Waals surface area contributed by atoms with Crippen LogP contribution in [0.1, 0.15) is 25.7 Å². The Morgan fingerprint density at radius 1 is 1.60 bits per heavy atom. The van der Waals surface area contributed by atoms with Crippen molar-refractivity contribution in [2.24, 2.45) is 0 Å². The van der Waals surface area contributed by atoms with Crippen LogP contribution in [0.25, 0.3) is 0 Å². The number of aliphatic hydroxyl groups is 1. The lowest BCUT2D eigenvalue weighted by atomic mass is 10.2. The zero-order valence-corrected chi connectivity index (χ0v) is 9.27. The van der Waals surface area contributed by atoms with Crippen LogP contribution < -0.4 is 5.32 Å². The summed E-state index contributed by atoms with van der Waals surface area (Å²) in [5.41, 5.74) is 0. The molecular formula is C11H19NO3. The van der Waals surface area contributed by atoms with Crippen LogP contribution in [0.4, 0.5) is 0 Å². The largest absolute Gasteiger partial charge is 0.467 e. The van der Waals surface area contributed by atoms with E-state index < -0.39 is 6.10 Å². The van der Waals surface area contributed by atoms with E-state index in [4.69, 9.17) is 9.15 Å². The highest BCUT2D eigenvalue weighted by Crippen LogP contribution is 2.11. The molecule has 2 unspecified atom stereocenters. The van der Waals surface area contributed by atoms with Crippen molar-refractivity contribution in [2.75, 3.05) is 19.8 Å². The molecule has 0 fully saturated rings. The third-order valence-corrected chi connectivity index (χ3v) is 2.10. The molecule has 1 aromatic heterocycles. The van der Waals surface area contributed by atoms with Gasteiger partial charge in [0.05, 0.1) is 12.9 Å². The molecule has 4 nitrogen and oxygen atoms in total. The molecule has 0 aliphatic heterocycles. The van der Waals surface area contributed by atoms with Gasteiger partial charge in [0.1, 0.15) is 11.9 Å². The Morgan fingerprint density at radius 2 is 2.40 bits per heavy atom. The zero-order valence-electron chi connectivity index (χ0n) is 9.27. The predicted molar refractivity (Wildman–Crippen MR) is 57.6 cm³/mol. The molecular weight excluding hydrogens is 194 g/mol. The summed E-state index contributed by atoms with van der Waals surface area (Å²) in [5.74, 6) is 0.589. The molecule has 0 saturated heterocycles. The van der Waals surface area contributed by atoms with Crippen LogP contribution in [-0.4, -0.2) is 30.9 Å². The summed E-state index contributed by atoms with van der Waals surface area (Å²) in [6.07, 6.45) is 0.964. The second kappa shape index (κ2) is 6.61. The second-order valence-electron chi connectivity index (χ2n) is 3.50. The predicted octanol–water partition coefficient (Wildman–Crippen LogP) is 1.33. The highest BCUT2D eigenvalue weighted by Gasteiger charge is 2.11. The van der Waals surface area contributed by atoms with Gasteiger partial charge in [-0.15, -0.1) is 0 Å². The molecule has 0 aliphatic rings. The first-order valence-electron chi connectivity index (χ1n) is 5.26. The Hall–Kier alpha value is -0.840. The minimum atomic E-state index is -0.593. The molecule has 0 bridgehead atoms. The standard InChI is InChI=1S/C11H19NO3/c1-3-14-8-9(2)12-7-10(13)11-5-4-6-15-11/h4-6,9-10,12-13H,3,7-8H2,1-2H3. The van der Waals surface area contributed by atoms with Crippen LogP contribution in [-0.2, 0) is 4.74 Å². The minimum absolute atomic E-state index is 0.231. The van der Waals surface area contributed by atoms with Gasteiger partial charge >= 0.3 is 0 Å². The van der Waals surface area contributed by atoms with Crippen LogP contribution in [0.5, 0.6) is 0 Å². The maximum Gasteiger partial charge on any atom is 0.133 e. The number of hydrogen-bond donors (Lipinski definition) is 2. The van der Waals surface area contributed by atoms with Gasteiger partial charge in [0.25, 0.3) is 0 Å². The van der Waals surface area contributed by atoms with Crippen LogP contribution in [0, 0.1) is 0 Å². The normalized spacial score (nSPS) is 15.1. The van der Waals surface area contributed by atoms with Crippen molar-refractivity contribution < 1.29 is 14.3 Å². The third-order valence-electron chi connectivity index (χ3n) is 2.10. The monoisotopic (exact) mass is 213 g/mol. The minimum Gasteiger partial charge on any atom is -0.467 e. The van der Waals surface area contributed by atoms with Crippen LogP contribution >= 0.6 is 0 Å². The second-order valence-corrected chi connectivity index (χ2v) is 3.50. The van der Waals surface area contributed by atoms with E-state index in [9.17, 15) is 5.11 Å². The molecule has 4 heteroatoms. The number of rotatable bonds is 7. The molecule has 1 rings (SSSR count). The topological polar surface area (TPSA) is 54.6 Å². The average molecular weight is 213 g/mol. The molecule has 15 heavy (non-hydrogen) atoms. The Morgan fingerprint density at radius 3 is 3.00 bits per heavy atom. The first-order valence-corrected chi connectivity index (χ1v) is 5.26. The fourth-order valence-electron chi connectivity index (χ4n) is 1.25. The van der Waals surface area contributed by atoms with Crippen molar-refractivity contribution in [2.45, 2.75) is 26.0 Å². The summed E-state index contributed by atoms with van der Waals surface area (Å²) in [7, 11) is 0. The van der Waals surface area contributed by atoms with Crippen molar-refractivity contribution in [1.82, 2.24) is 5.32 Å². The van der Waals surface area contributed by atoms with E-state index in [1.54, 1.807) is 18.4 Å². The molecule has 2 atom stereocenters. The van der Waals surface area contributed by atoms with Crippen molar-refractivity contribution >= 4 is 0 Å². The number of ether oxygens (including phenoxy) is 1. The molecule has 0 radical (unpaired) electrons. The van der Waals surface area contributed by atoms with Gasteiger partial charge in [-0.3, -0.25) is 0 Å². The van der Waals surface area contributed by atoms with Crippen molar-refractivity contribution in [3.63, 3.8) is 0 Å². The highest BCUT2D eigenvalue weighted by molar-refractivity contribution is 5.02. The van der Waals surface area contributed by atoms with Crippen molar-refractivity contribution in [1.29, 1.82) is 0 Å². The molecule has 1 aromatic rings. The lowest BCUT2D eigenvalue weighted by Gasteiger charge is -2.15. The van der Waals surface area contributed by atoms with Crippen molar-refractivity contribution in [3.8, 4) is 0 Å². The Kier molecular flexibility index (Phi) is 5.39. The van der Waals surface area contributed by atoms with E-state index >= 15 is 0 Å². The zero-order chi connectivity index (χ0) is 11.1. The number of nitrogens with one attached hydrogen (secondary N) is 1. The van der Waals surface area contributed by atoms with E-state index in [2.05, 4.69) is 5.32 Å². The molecule has 0 spiro atoms. The molecule has 2 N–H and O–H groups in total. The van der Waals surface area contributed by atoms with E-state index in [1.165, 1.54) is 0 Å². The van der Waals surface area contributed by atoms with Gasteiger partial charge < -0.3 is 19.6 Å². The van der Waals surface area contributed by atoms with E-state index in [0.29, 0.717) is 25.5 Å². The maximum absolute atomic E-state index is 9.69. The average Bonchev–Trinajstić information content (AvgIpc) is 2.76. The molecule has 0 aliphatic carbocycles. The van der Waals surface area contributed by atoms with Crippen LogP contribution in [0.15, 0.2) is 22.8 Å². The van der Waals surface area contributed by atoms with Gasteiger partial charge in [-0.1, -0.05) is 0 Å². The fraction of sp³-hybridized carbons (Fsp3) is 0.636. The summed E-state index contributed by atoms with van der Waals surface area (Å²) in [6, 6.07) is 3.76. The summed E-state index contributed by atoms with van der Waals surface area (Å²) in [5, 5.41) is 12.9. The molecule has 0 saturated carbocycles. The van der Waals surface area contributed by atoms with Gasteiger partial charge in [0, 0.05) is 19.2 Å². The van der Waals surface area contributed by atoms with E-state index in [1.807, 2.05) is 13.8 Å². The first kappa shape index (κ1) is 12.2. The number of furan rings is 1. The summed E-state index contributed by atoms with van der Waals surface area (Å²) in [6.45, 7) is 5.82. The molecule has 1 heterocycles. The quantitative estimate of drug-likeness (QED) is 0.717. The molecule has 86 valence electrons. The Labute approximate surface area is 90.2 Å². The lowest BCUT2D eigenvalue weighted by Crippen LogP contribution is -2.33. The van der Waals surface area contributed by atoms with E-state index in [0.717, 1.165) is 0 Å². The molecule has 0 aromatic carbocycles. The van der Waals surface area contributed by atoms with Crippen LogP contribution in [0.2, 0.25) is 0 Å². The lowest BCUT2D eigenvalue weighted by molar-refractivity contribution is 0.109. The number of aliphatic hydroxyl groups excluding tert-OH is 1. The number of hydrogen-bond acceptors (Lipinski definition) is 4. The molecule has 0 amide bonds. The summed E-state index contributed by atoms with van der Waals surface area (Å²) < 4.78 is 10.3. The summed E-state index contributed by atoms with van der Waals surface area (Å²) in [4.78, 5) is 0. The smallest absolute Gasteiger partial charge is 0.133 e. The van der Waals surface area contributed by atoms with Gasteiger partial charge in [-0.05, 0) is 26.0 Å². The van der Waals surface area contributed by atoms with Crippen molar-refractivity contribution in [3.05, 3.63) is 24.2 Å². The Bertz CT molecular complexity index is 248. The third kappa shape index (κ3) is 4.46. The van der Waals surface area contributed by atoms with Gasteiger partial charge in [0.15, 0.2) is 0 Å².